The van der Waals surface area contributed by atoms with Crippen molar-refractivity contribution in [1.29, 1.82) is 0 Å². The predicted octanol–water partition coefficient (Wildman–Crippen LogP) is 3.67. The van der Waals surface area contributed by atoms with E-state index in [1.54, 1.807) is 31.2 Å². The number of ether oxygens (including phenoxy) is 2. The smallest absolute Gasteiger partial charge is 0.262 e. The Bertz CT molecular complexity index is 1240. The van der Waals surface area contributed by atoms with Gasteiger partial charge < -0.3 is 14.8 Å². The summed E-state index contributed by atoms with van der Waals surface area (Å²) in [6.45, 7) is 4.15. The van der Waals surface area contributed by atoms with Crippen molar-refractivity contribution in [3.8, 4) is 11.5 Å². The molecule has 0 saturated heterocycles. The van der Waals surface area contributed by atoms with E-state index in [2.05, 4.69) is 10.0 Å². The fourth-order valence-electron chi connectivity index (χ4n) is 3.33. The van der Waals surface area contributed by atoms with Crippen molar-refractivity contribution < 1.29 is 22.7 Å². The summed E-state index contributed by atoms with van der Waals surface area (Å²) in [7, 11) is -3.86. The van der Waals surface area contributed by atoms with E-state index in [-0.39, 0.29) is 29.0 Å². The maximum atomic E-state index is 12.9. The third-order valence-electron chi connectivity index (χ3n) is 5.10. The van der Waals surface area contributed by atoms with Gasteiger partial charge >= 0.3 is 0 Å². The SMILES string of the molecule is Cc1ccc(NS(=O)(=O)c2cc(C(=O)NCC3COc4ccccc4O3)ccc2C)cc1. The van der Waals surface area contributed by atoms with E-state index in [0.717, 1.165) is 5.56 Å². The minimum atomic E-state index is -3.86. The standard InChI is InChI=1S/C24H24N2O5S/c1-16-7-11-19(12-8-16)26-32(28,29)23-13-18(10-9-17(23)2)24(27)25-14-20-15-30-21-5-3-4-6-22(21)31-20/h3-13,20,26H,14-15H2,1-2H3,(H,25,27). The van der Waals surface area contributed by atoms with Gasteiger partial charge in [0, 0.05) is 11.3 Å². The number of aryl methyl sites for hydroxylation is 2. The monoisotopic (exact) mass is 452 g/mol. The van der Waals surface area contributed by atoms with Crippen molar-refractivity contribution in [3.05, 3.63) is 83.4 Å². The molecule has 8 heteroatoms. The Labute approximate surface area is 187 Å². The number of carbonyl (C=O) groups is 1. The van der Waals surface area contributed by atoms with Gasteiger partial charge in [0.25, 0.3) is 15.9 Å². The quantitative estimate of drug-likeness (QED) is 0.595. The molecule has 0 fully saturated rings. The molecule has 0 aromatic heterocycles. The van der Waals surface area contributed by atoms with Gasteiger partial charge in [0.15, 0.2) is 11.5 Å². The molecule has 0 radical (unpaired) electrons. The van der Waals surface area contributed by atoms with E-state index in [4.69, 9.17) is 9.47 Å². The van der Waals surface area contributed by atoms with Gasteiger partial charge in [0.1, 0.15) is 12.7 Å². The fraction of sp³-hybridized carbons (Fsp3) is 0.208. The minimum Gasteiger partial charge on any atom is -0.486 e. The molecule has 1 aliphatic heterocycles. The maximum Gasteiger partial charge on any atom is 0.262 e. The van der Waals surface area contributed by atoms with Crippen molar-refractivity contribution in [1.82, 2.24) is 5.32 Å². The molecule has 0 aliphatic carbocycles. The van der Waals surface area contributed by atoms with Crippen LogP contribution in [0.25, 0.3) is 0 Å². The van der Waals surface area contributed by atoms with Crippen molar-refractivity contribution in [2.45, 2.75) is 24.8 Å². The second-order valence-electron chi connectivity index (χ2n) is 7.66. The second kappa shape index (κ2) is 8.92. The molecule has 0 spiro atoms. The average molecular weight is 453 g/mol. The number of nitrogens with one attached hydrogen (secondary N) is 2. The van der Waals surface area contributed by atoms with E-state index >= 15 is 0 Å². The molecule has 1 atom stereocenters. The van der Waals surface area contributed by atoms with E-state index in [1.807, 2.05) is 43.3 Å². The molecule has 0 bridgehead atoms. The lowest BCUT2D eigenvalue weighted by Gasteiger charge is -2.26. The number of rotatable bonds is 6. The lowest BCUT2D eigenvalue weighted by atomic mass is 10.1. The topological polar surface area (TPSA) is 93.7 Å². The number of hydrogen-bond acceptors (Lipinski definition) is 5. The summed E-state index contributed by atoms with van der Waals surface area (Å²) in [5.41, 5.74) is 2.28. The zero-order chi connectivity index (χ0) is 22.7. The number of hydrogen-bond donors (Lipinski definition) is 2. The number of benzene rings is 3. The van der Waals surface area contributed by atoms with Crippen LogP contribution in [-0.2, 0) is 10.0 Å². The van der Waals surface area contributed by atoms with E-state index in [1.165, 1.54) is 6.07 Å². The van der Waals surface area contributed by atoms with Crippen LogP contribution in [0.4, 0.5) is 5.69 Å². The molecule has 1 unspecified atom stereocenters. The van der Waals surface area contributed by atoms with Gasteiger partial charge in [0.05, 0.1) is 11.4 Å². The molecule has 4 rings (SSSR count). The van der Waals surface area contributed by atoms with Crippen molar-refractivity contribution in [2.24, 2.45) is 0 Å². The van der Waals surface area contributed by atoms with Crippen LogP contribution in [-0.4, -0.2) is 33.6 Å². The van der Waals surface area contributed by atoms with Gasteiger partial charge in [-0.15, -0.1) is 0 Å². The van der Waals surface area contributed by atoms with Gasteiger partial charge in [-0.25, -0.2) is 8.42 Å². The highest BCUT2D eigenvalue weighted by molar-refractivity contribution is 7.92. The third-order valence-corrected chi connectivity index (χ3v) is 6.62. The summed E-state index contributed by atoms with van der Waals surface area (Å²) in [6.07, 6.45) is -0.342. The molecule has 7 nitrogen and oxygen atoms in total. The summed E-state index contributed by atoms with van der Waals surface area (Å²) in [6, 6.07) is 19.0. The van der Waals surface area contributed by atoms with Gasteiger partial charge in [-0.1, -0.05) is 35.9 Å². The van der Waals surface area contributed by atoms with Gasteiger partial charge in [-0.05, 0) is 55.8 Å². The predicted molar refractivity (Wildman–Crippen MR) is 122 cm³/mol. The first-order valence-electron chi connectivity index (χ1n) is 10.2. The minimum absolute atomic E-state index is 0.0527. The Morgan fingerprint density at radius 3 is 2.47 bits per heavy atom. The zero-order valence-corrected chi connectivity index (χ0v) is 18.6. The van der Waals surface area contributed by atoms with Crippen LogP contribution in [0.3, 0.4) is 0 Å². The molecule has 32 heavy (non-hydrogen) atoms. The van der Waals surface area contributed by atoms with Crippen LogP contribution >= 0.6 is 0 Å². The van der Waals surface area contributed by atoms with Crippen LogP contribution in [0.2, 0.25) is 0 Å². The first kappa shape index (κ1) is 21.7. The Kier molecular flexibility index (Phi) is 6.05. The molecule has 1 amide bonds. The number of amides is 1. The summed E-state index contributed by atoms with van der Waals surface area (Å²) >= 11 is 0. The van der Waals surface area contributed by atoms with Crippen molar-refractivity contribution in [2.75, 3.05) is 17.9 Å². The molecular weight excluding hydrogens is 428 g/mol. The van der Waals surface area contributed by atoms with E-state index in [0.29, 0.717) is 29.4 Å². The summed E-state index contributed by atoms with van der Waals surface area (Å²) in [5, 5.41) is 2.79. The van der Waals surface area contributed by atoms with Crippen LogP contribution in [0.5, 0.6) is 11.5 Å². The molecule has 1 aliphatic rings. The molecule has 3 aromatic rings. The van der Waals surface area contributed by atoms with Crippen LogP contribution in [0.15, 0.2) is 71.6 Å². The molecule has 0 saturated carbocycles. The highest BCUT2D eigenvalue weighted by Crippen LogP contribution is 2.30. The van der Waals surface area contributed by atoms with Crippen molar-refractivity contribution >= 4 is 21.6 Å². The lowest BCUT2D eigenvalue weighted by molar-refractivity contribution is 0.0789. The van der Waals surface area contributed by atoms with Gasteiger partial charge in [0.2, 0.25) is 0 Å². The first-order chi connectivity index (χ1) is 15.3. The van der Waals surface area contributed by atoms with E-state index < -0.39 is 10.0 Å². The molecule has 3 aromatic carbocycles. The number of carbonyl (C=O) groups excluding carboxylic acids is 1. The van der Waals surface area contributed by atoms with Crippen molar-refractivity contribution in [3.63, 3.8) is 0 Å². The maximum absolute atomic E-state index is 12.9. The molecular formula is C24H24N2O5S. The van der Waals surface area contributed by atoms with E-state index in [9.17, 15) is 13.2 Å². The average Bonchev–Trinajstić information content (AvgIpc) is 2.79. The van der Waals surface area contributed by atoms with Crippen LogP contribution in [0.1, 0.15) is 21.5 Å². The Morgan fingerprint density at radius 2 is 1.72 bits per heavy atom. The number of sulfonamides is 1. The Hall–Kier alpha value is -3.52. The third kappa shape index (κ3) is 4.86. The highest BCUT2D eigenvalue weighted by Gasteiger charge is 2.23. The normalized spacial score (nSPS) is 15.1. The largest absolute Gasteiger partial charge is 0.486 e. The lowest BCUT2D eigenvalue weighted by Crippen LogP contribution is -2.40. The first-order valence-corrected chi connectivity index (χ1v) is 11.7. The molecule has 166 valence electrons. The Balaban J connectivity index is 1.45. The number of para-hydroxylation sites is 2. The summed E-state index contributed by atoms with van der Waals surface area (Å²) in [4.78, 5) is 12.7. The summed E-state index contributed by atoms with van der Waals surface area (Å²) < 4.78 is 39.9. The number of fused-ring (bicyclic) bond motifs is 1. The molecule has 2 N–H and O–H groups in total. The van der Waals surface area contributed by atoms with Gasteiger partial charge in [-0.3, -0.25) is 9.52 Å². The molecule has 1 heterocycles. The highest BCUT2D eigenvalue weighted by atomic mass is 32.2. The van der Waals surface area contributed by atoms with Gasteiger partial charge in [-0.2, -0.15) is 0 Å². The Morgan fingerprint density at radius 1 is 1.00 bits per heavy atom. The zero-order valence-electron chi connectivity index (χ0n) is 17.8. The van der Waals surface area contributed by atoms with Crippen LogP contribution < -0.4 is 19.5 Å². The number of anilines is 1. The summed E-state index contributed by atoms with van der Waals surface area (Å²) in [5.74, 6) is 0.910. The van der Waals surface area contributed by atoms with Crippen LogP contribution in [0, 0.1) is 13.8 Å². The second-order valence-corrected chi connectivity index (χ2v) is 9.31. The fourth-order valence-corrected chi connectivity index (χ4v) is 4.67.